The lowest BCUT2D eigenvalue weighted by Crippen LogP contribution is -2.29. The molecule has 0 aromatic heterocycles. The zero-order valence-electron chi connectivity index (χ0n) is 11.9. The van der Waals surface area contributed by atoms with Crippen LogP contribution in [-0.2, 0) is 13.0 Å². The van der Waals surface area contributed by atoms with Crippen LogP contribution in [0.1, 0.15) is 11.1 Å². The lowest BCUT2D eigenvalue weighted by atomic mass is 10.1. The van der Waals surface area contributed by atoms with Gasteiger partial charge in [-0.2, -0.15) is 0 Å². The average molecular weight is 304 g/mol. The molecule has 0 aliphatic carbocycles. The predicted octanol–water partition coefficient (Wildman–Crippen LogP) is 3.44. The summed E-state index contributed by atoms with van der Waals surface area (Å²) >= 11 is 6.00. The molecule has 3 nitrogen and oxygen atoms in total. The van der Waals surface area contributed by atoms with E-state index in [4.69, 9.17) is 21.1 Å². The van der Waals surface area contributed by atoms with Crippen molar-refractivity contribution in [2.24, 2.45) is 0 Å². The summed E-state index contributed by atoms with van der Waals surface area (Å²) in [6.07, 6.45) is 1.06. The molecule has 0 amide bonds. The van der Waals surface area contributed by atoms with Crippen molar-refractivity contribution in [1.29, 1.82) is 0 Å². The first-order valence-corrected chi connectivity index (χ1v) is 7.42. The molecular weight excluding hydrogens is 286 g/mol. The van der Waals surface area contributed by atoms with Gasteiger partial charge in [-0.25, -0.2) is 0 Å². The number of para-hydroxylation sites is 1. The van der Waals surface area contributed by atoms with Gasteiger partial charge in [-0.05, 0) is 29.8 Å². The second-order valence-electron chi connectivity index (χ2n) is 5.14. The van der Waals surface area contributed by atoms with Crippen molar-refractivity contribution in [3.8, 4) is 11.5 Å². The highest BCUT2D eigenvalue weighted by atomic mass is 35.5. The van der Waals surface area contributed by atoms with E-state index in [-0.39, 0.29) is 6.10 Å². The van der Waals surface area contributed by atoms with Gasteiger partial charge in [0.15, 0.2) is 0 Å². The molecule has 3 rings (SSSR count). The van der Waals surface area contributed by atoms with E-state index in [2.05, 4.69) is 11.4 Å². The van der Waals surface area contributed by atoms with E-state index in [0.29, 0.717) is 0 Å². The first-order chi connectivity index (χ1) is 10.3. The van der Waals surface area contributed by atoms with E-state index in [0.717, 1.165) is 41.6 Å². The maximum Gasteiger partial charge on any atom is 0.123 e. The standard InChI is InChI=1S/C17H18ClNO2/c1-20-16-5-3-2-4-12(16)10-19-11-15-9-13-8-14(18)6-7-17(13)21-15/h2-8,15,19H,9-11H2,1H3. The van der Waals surface area contributed by atoms with Gasteiger partial charge in [-0.15, -0.1) is 0 Å². The summed E-state index contributed by atoms with van der Waals surface area (Å²) in [5.41, 5.74) is 2.34. The largest absolute Gasteiger partial charge is 0.496 e. The molecule has 2 aromatic carbocycles. The van der Waals surface area contributed by atoms with Gasteiger partial charge in [0, 0.05) is 30.1 Å². The summed E-state index contributed by atoms with van der Waals surface area (Å²) in [7, 11) is 1.69. The van der Waals surface area contributed by atoms with Crippen LogP contribution in [0.2, 0.25) is 5.02 Å². The molecule has 0 bridgehead atoms. The minimum atomic E-state index is 0.160. The summed E-state index contributed by atoms with van der Waals surface area (Å²) in [6.45, 7) is 1.56. The Hall–Kier alpha value is -1.71. The molecule has 0 fully saturated rings. The van der Waals surface area contributed by atoms with Gasteiger partial charge >= 0.3 is 0 Å². The molecular formula is C17H18ClNO2. The third-order valence-corrected chi connectivity index (χ3v) is 3.88. The maximum atomic E-state index is 6.00. The molecule has 1 unspecified atom stereocenters. The van der Waals surface area contributed by atoms with Crippen LogP contribution in [0.25, 0.3) is 0 Å². The number of fused-ring (bicyclic) bond motifs is 1. The second kappa shape index (κ2) is 6.37. The molecule has 110 valence electrons. The lowest BCUT2D eigenvalue weighted by molar-refractivity contribution is 0.227. The van der Waals surface area contributed by atoms with Crippen molar-refractivity contribution < 1.29 is 9.47 Å². The highest BCUT2D eigenvalue weighted by Crippen LogP contribution is 2.30. The minimum absolute atomic E-state index is 0.160. The predicted molar refractivity (Wildman–Crippen MR) is 84.3 cm³/mol. The van der Waals surface area contributed by atoms with Crippen LogP contribution in [0.4, 0.5) is 0 Å². The maximum absolute atomic E-state index is 6.00. The molecule has 1 N–H and O–H groups in total. The molecule has 2 aromatic rings. The van der Waals surface area contributed by atoms with Crippen molar-refractivity contribution in [3.05, 3.63) is 58.6 Å². The zero-order valence-corrected chi connectivity index (χ0v) is 12.7. The molecule has 0 saturated heterocycles. The summed E-state index contributed by atoms with van der Waals surface area (Å²) in [5, 5.41) is 4.19. The third-order valence-electron chi connectivity index (χ3n) is 3.64. The highest BCUT2D eigenvalue weighted by molar-refractivity contribution is 6.30. The van der Waals surface area contributed by atoms with Crippen molar-refractivity contribution >= 4 is 11.6 Å². The Morgan fingerprint density at radius 2 is 2.14 bits per heavy atom. The van der Waals surface area contributed by atoms with Crippen molar-refractivity contribution in [2.45, 2.75) is 19.1 Å². The SMILES string of the molecule is COc1ccccc1CNCC1Cc2cc(Cl)ccc2O1. The molecule has 0 spiro atoms. The average Bonchev–Trinajstić information content (AvgIpc) is 2.89. The summed E-state index contributed by atoms with van der Waals surface area (Å²) in [4.78, 5) is 0. The smallest absolute Gasteiger partial charge is 0.123 e. The first kappa shape index (κ1) is 14.2. The van der Waals surface area contributed by atoms with Crippen molar-refractivity contribution in [3.63, 3.8) is 0 Å². The third kappa shape index (κ3) is 3.31. The van der Waals surface area contributed by atoms with Crippen LogP contribution < -0.4 is 14.8 Å². The topological polar surface area (TPSA) is 30.5 Å². The van der Waals surface area contributed by atoms with Crippen molar-refractivity contribution in [1.82, 2.24) is 5.32 Å². The molecule has 1 aliphatic heterocycles. The Morgan fingerprint density at radius 1 is 1.29 bits per heavy atom. The van der Waals surface area contributed by atoms with Gasteiger partial charge in [0.25, 0.3) is 0 Å². The fourth-order valence-electron chi connectivity index (χ4n) is 2.62. The number of benzene rings is 2. The Labute approximate surface area is 129 Å². The number of ether oxygens (including phenoxy) is 2. The fraction of sp³-hybridized carbons (Fsp3) is 0.294. The van der Waals surface area contributed by atoms with Gasteiger partial charge in [-0.3, -0.25) is 0 Å². The number of methoxy groups -OCH3 is 1. The van der Waals surface area contributed by atoms with E-state index in [1.807, 2.05) is 36.4 Å². The van der Waals surface area contributed by atoms with Crippen molar-refractivity contribution in [2.75, 3.05) is 13.7 Å². The molecule has 0 radical (unpaired) electrons. The van der Waals surface area contributed by atoms with Gasteiger partial charge < -0.3 is 14.8 Å². The van der Waals surface area contributed by atoms with Gasteiger partial charge in [0.2, 0.25) is 0 Å². The number of hydrogen-bond donors (Lipinski definition) is 1. The van der Waals surface area contributed by atoms with Crippen LogP contribution in [0, 0.1) is 0 Å². The number of rotatable bonds is 5. The Bertz CT molecular complexity index is 630. The van der Waals surface area contributed by atoms with E-state index >= 15 is 0 Å². The van der Waals surface area contributed by atoms with E-state index in [1.54, 1.807) is 7.11 Å². The highest BCUT2D eigenvalue weighted by Gasteiger charge is 2.22. The van der Waals surface area contributed by atoms with E-state index in [9.17, 15) is 0 Å². The quantitative estimate of drug-likeness (QED) is 0.918. The van der Waals surface area contributed by atoms with Crippen LogP contribution in [-0.4, -0.2) is 19.8 Å². The van der Waals surface area contributed by atoms with Crippen LogP contribution >= 0.6 is 11.6 Å². The number of hydrogen-bond acceptors (Lipinski definition) is 3. The number of nitrogens with one attached hydrogen (secondary N) is 1. The lowest BCUT2D eigenvalue weighted by Gasteiger charge is -2.13. The first-order valence-electron chi connectivity index (χ1n) is 7.04. The number of halogens is 1. The Kier molecular flexibility index (Phi) is 4.32. The van der Waals surface area contributed by atoms with Gasteiger partial charge in [0.1, 0.15) is 17.6 Å². The minimum Gasteiger partial charge on any atom is -0.496 e. The second-order valence-corrected chi connectivity index (χ2v) is 5.58. The Balaban J connectivity index is 1.53. The normalized spacial score (nSPS) is 16.4. The van der Waals surface area contributed by atoms with Crippen LogP contribution in [0.15, 0.2) is 42.5 Å². The molecule has 4 heteroatoms. The molecule has 21 heavy (non-hydrogen) atoms. The molecule has 1 atom stereocenters. The molecule has 0 saturated carbocycles. The zero-order chi connectivity index (χ0) is 14.7. The van der Waals surface area contributed by atoms with Crippen LogP contribution in [0.5, 0.6) is 11.5 Å². The monoisotopic (exact) mass is 303 g/mol. The Morgan fingerprint density at radius 3 is 3.00 bits per heavy atom. The van der Waals surface area contributed by atoms with Gasteiger partial charge in [-0.1, -0.05) is 29.8 Å². The summed E-state index contributed by atoms with van der Waals surface area (Å²) < 4.78 is 11.2. The molecule has 1 heterocycles. The van der Waals surface area contributed by atoms with E-state index in [1.165, 1.54) is 5.56 Å². The van der Waals surface area contributed by atoms with Crippen LogP contribution in [0.3, 0.4) is 0 Å². The summed E-state index contributed by atoms with van der Waals surface area (Å²) in [5.74, 6) is 1.86. The van der Waals surface area contributed by atoms with E-state index < -0.39 is 0 Å². The summed E-state index contributed by atoms with van der Waals surface area (Å²) in [6, 6.07) is 13.8. The van der Waals surface area contributed by atoms with Gasteiger partial charge in [0.05, 0.1) is 7.11 Å². The fourth-order valence-corrected chi connectivity index (χ4v) is 2.81. The molecule has 1 aliphatic rings.